The highest BCUT2D eigenvalue weighted by atomic mass is 16.5. The first kappa shape index (κ1) is 12.2. The SMILES string of the molecule is C=Cc1ccc(OCc2ccccc2)c(C=C)c1. The van der Waals surface area contributed by atoms with Crippen LogP contribution in [0.1, 0.15) is 16.7 Å². The zero-order valence-corrected chi connectivity index (χ0v) is 10.3. The van der Waals surface area contributed by atoms with Crippen LogP contribution >= 0.6 is 0 Å². The minimum Gasteiger partial charge on any atom is -0.488 e. The average molecular weight is 236 g/mol. The second-order valence-corrected chi connectivity index (χ2v) is 3.98. The van der Waals surface area contributed by atoms with Gasteiger partial charge in [-0.3, -0.25) is 0 Å². The molecule has 0 N–H and O–H groups in total. The van der Waals surface area contributed by atoms with Gasteiger partial charge in [0, 0.05) is 5.56 Å². The van der Waals surface area contributed by atoms with E-state index in [2.05, 4.69) is 13.2 Å². The summed E-state index contributed by atoms with van der Waals surface area (Å²) in [5.41, 5.74) is 3.21. The minimum absolute atomic E-state index is 0.565. The van der Waals surface area contributed by atoms with Crippen LogP contribution in [0.25, 0.3) is 12.2 Å². The monoisotopic (exact) mass is 236 g/mol. The minimum atomic E-state index is 0.565. The molecule has 18 heavy (non-hydrogen) atoms. The molecule has 2 aromatic rings. The van der Waals surface area contributed by atoms with E-state index in [1.54, 1.807) is 6.08 Å². The van der Waals surface area contributed by atoms with E-state index in [0.717, 1.165) is 22.4 Å². The highest BCUT2D eigenvalue weighted by molar-refractivity contribution is 5.61. The van der Waals surface area contributed by atoms with Gasteiger partial charge >= 0.3 is 0 Å². The quantitative estimate of drug-likeness (QED) is 0.740. The zero-order chi connectivity index (χ0) is 12.8. The van der Waals surface area contributed by atoms with Crippen LogP contribution in [0.3, 0.4) is 0 Å². The molecule has 0 amide bonds. The highest BCUT2D eigenvalue weighted by Crippen LogP contribution is 2.22. The van der Waals surface area contributed by atoms with Crippen molar-refractivity contribution in [1.82, 2.24) is 0 Å². The predicted octanol–water partition coefficient (Wildman–Crippen LogP) is 4.55. The van der Waals surface area contributed by atoms with Crippen molar-refractivity contribution < 1.29 is 4.74 Å². The molecule has 1 nitrogen and oxygen atoms in total. The Morgan fingerprint density at radius 1 is 0.944 bits per heavy atom. The fourth-order valence-corrected chi connectivity index (χ4v) is 1.72. The van der Waals surface area contributed by atoms with Crippen LogP contribution in [-0.4, -0.2) is 0 Å². The summed E-state index contributed by atoms with van der Waals surface area (Å²) in [6.45, 7) is 8.13. The van der Waals surface area contributed by atoms with Crippen molar-refractivity contribution >= 4 is 12.2 Å². The van der Waals surface area contributed by atoms with Crippen LogP contribution in [0.15, 0.2) is 61.7 Å². The molecular weight excluding hydrogens is 220 g/mol. The van der Waals surface area contributed by atoms with Crippen molar-refractivity contribution in [1.29, 1.82) is 0 Å². The van der Waals surface area contributed by atoms with E-state index < -0.39 is 0 Å². The molecule has 0 aromatic heterocycles. The maximum Gasteiger partial charge on any atom is 0.127 e. The number of hydrogen-bond acceptors (Lipinski definition) is 1. The zero-order valence-electron chi connectivity index (χ0n) is 10.3. The normalized spacial score (nSPS) is 9.78. The Labute approximate surface area is 108 Å². The summed E-state index contributed by atoms with van der Waals surface area (Å²) in [6, 6.07) is 16.1. The van der Waals surface area contributed by atoms with E-state index in [9.17, 15) is 0 Å². The van der Waals surface area contributed by atoms with Crippen molar-refractivity contribution in [2.24, 2.45) is 0 Å². The maximum atomic E-state index is 5.81. The van der Waals surface area contributed by atoms with Crippen LogP contribution in [-0.2, 0) is 6.61 Å². The molecule has 0 saturated carbocycles. The fourth-order valence-electron chi connectivity index (χ4n) is 1.72. The number of ether oxygens (including phenoxy) is 1. The molecule has 0 heterocycles. The van der Waals surface area contributed by atoms with Gasteiger partial charge in [-0.25, -0.2) is 0 Å². The van der Waals surface area contributed by atoms with Gasteiger partial charge in [-0.2, -0.15) is 0 Å². The van der Waals surface area contributed by atoms with E-state index in [4.69, 9.17) is 4.74 Å². The van der Waals surface area contributed by atoms with Gasteiger partial charge < -0.3 is 4.74 Å². The average Bonchev–Trinajstić information content (AvgIpc) is 2.46. The number of rotatable bonds is 5. The van der Waals surface area contributed by atoms with Crippen LogP contribution in [0, 0.1) is 0 Å². The van der Waals surface area contributed by atoms with Crippen molar-refractivity contribution in [2.45, 2.75) is 6.61 Å². The highest BCUT2D eigenvalue weighted by Gasteiger charge is 2.01. The molecular formula is C17H16O. The topological polar surface area (TPSA) is 9.23 Å². The van der Waals surface area contributed by atoms with E-state index in [1.165, 1.54) is 0 Å². The predicted molar refractivity (Wildman–Crippen MR) is 77.4 cm³/mol. The van der Waals surface area contributed by atoms with Gasteiger partial charge in [-0.1, -0.05) is 61.7 Å². The van der Waals surface area contributed by atoms with Crippen LogP contribution in [0.2, 0.25) is 0 Å². The van der Waals surface area contributed by atoms with E-state index in [-0.39, 0.29) is 0 Å². The molecule has 90 valence electrons. The Morgan fingerprint density at radius 3 is 2.39 bits per heavy atom. The van der Waals surface area contributed by atoms with Crippen molar-refractivity contribution in [3.05, 3.63) is 78.4 Å². The summed E-state index contributed by atoms with van der Waals surface area (Å²) in [4.78, 5) is 0. The van der Waals surface area contributed by atoms with Gasteiger partial charge in [-0.05, 0) is 23.3 Å². The van der Waals surface area contributed by atoms with Gasteiger partial charge in [-0.15, -0.1) is 0 Å². The lowest BCUT2D eigenvalue weighted by atomic mass is 10.1. The second kappa shape index (κ2) is 5.87. The first-order chi connectivity index (χ1) is 8.83. The summed E-state index contributed by atoms with van der Waals surface area (Å²) < 4.78 is 5.81. The molecule has 0 atom stereocenters. The van der Waals surface area contributed by atoms with Crippen LogP contribution in [0.5, 0.6) is 5.75 Å². The molecule has 0 aliphatic carbocycles. The third kappa shape index (κ3) is 2.89. The van der Waals surface area contributed by atoms with E-state index in [0.29, 0.717) is 6.61 Å². The first-order valence-electron chi connectivity index (χ1n) is 5.89. The molecule has 0 unspecified atom stereocenters. The molecule has 0 bridgehead atoms. The van der Waals surface area contributed by atoms with Crippen LogP contribution < -0.4 is 4.74 Å². The summed E-state index contributed by atoms with van der Waals surface area (Å²) in [5, 5.41) is 0. The van der Waals surface area contributed by atoms with Gasteiger partial charge in [0.25, 0.3) is 0 Å². The summed E-state index contributed by atoms with van der Waals surface area (Å²) >= 11 is 0. The Hall–Kier alpha value is -2.28. The Bertz CT molecular complexity index is 541. The third-order valence-electron chi connectivity index (χ3n) is 2.73. The smallest absolute Gasteiger partial charge is 0.127 e. The molecule has 0 saturated heterocycles. The number of benzene rings is 2. The van der Waals surface area contributed by atoms with Gasteiger partial charge in [0.1, 0.15) is 12.4 Å². The largest absolute Gasteiger partial charge is 0.488 e. The molecule has 2 aromatic carbocycles. The van der Waals surface area contributed by atoms with Crippen molar-refractivity contribution in [3.8, 4) is 5.75 Å². The molecule has 0 fully saturated rings. The maximum absolute atomic E-state index is 5.81. The van der Waals surface area contributed by atoms with Crippen molar-refractivity contribution in [2.75, 3.05) is 0 Å². The summed E-state index contributed by atoms with van der Waals surface area (Å²) in [7, 11) is 0. The molecule has 0 aliphatic heterocycles. The van der Waals surface area contributed by atoms with E-state index in [1.807, 2.05) is 54.6 Å². The lowest BCUT2D eigenvalue weighted by Gasteiger charge is -2.10. The third-order valence-corrected chi connectivity index (χ3v) is 2.73. The summed E-state index contributed by atoms with van der Waals surface area (Å²) in [5.74, 6) is 0.847. The lowest BCUT2D eigenvalue weighted by Crippen LogP contribution is -1.96. The van der Waals surface area contributed by atoms with Gasteiger partial charge in [0.2, 0.25) is 0 Å². The van der Waals surface area contributed by atoms with Gasteiger partial charge in [0.15, 0.2) is 0 Å². The fraction of sp³-hybridized carbons (Fsp3) is 0.0588. The molecule has 1 heteroatoms. The van der Waals surface area contributed by atoms with Gasteiger partial charge in [0.05, 0.1) is 0 Å². The molecule has 0 aliphatic rings. The molecule has 0 radical (unpaired) electrons. The Morgan fingerprint density at radius 2 is 1.72 bits per heavy atom. The first-order valence-corrected chi connectivity index (χ1v) is 5.89. The number of hydrogen-bond donors (Lipinski definition) is 0. The van der Waals surface area contributed by atoms with E-state index >= 15 is 0 Å². The summed E-state index contributed by atoms with van der Waals surface area (Å²) in [6.07, 6.45) is 3.61. The molecule has 2 rings (SSSR count). The Kier molecular flexibility index (Phi) is 3.98. The van der Waals surface area contributed by atoms with Crippen LogP contribution in [0.4, 0.5) is 0 Å². The van der Waals surface area contributed by atoms with Crippen molar-refractivity contribution in [3.63, 3.8) is 0 Å². The standard InChI is InChI=1S/C17H16O/c1-3-14-10-11-17(16(4-2)12-14)18-13-15-8-6-5-7-9-15/h3-12H,1-2,13H2. The second-order valence-electron chi connectivity index (χ2n) is 3.98. The lowest BCUT2D eigenvalue weighted by molar-refractivity contribution is 0.305. The molecule has 0 spiro atoms. The Balaban J connectivity index is 2.14.